The minimum absolute atomic E-state index is 0.0207. The highest BCUT2D eigenvalue weighted by Crippen LogP contribution is 2.31. The van der Waals surface area contributed by atoms with Crippen molar-refractivity contribution in [3.63, 3.8) is 0 Å². The molecule has 0 saturated heterocycles. The summed E-state index contributed by atoms with van der Waals surface area (Å²) in [5, 5.41) is 19.0. The van der Waals surface area contributed by atoms with Crippen LogP contribution in [0.4, 0.5) is 0 Å². The van der Waals surface area contributed by atoms with Crippen LogP contribution in [-0.4, -0.2) is 38.8 Å². The quantitative estimate of drug-likeness (QED) is 0.184. The highest BCUT2D eigenvalue weighted by atomic mass is 35.5. The topological polar surface area (TPSA) is 159 Å². The van der Waals surface area contributed by atoms with E-state index in [1.807, 2.05) is 6.92 Å². The Morgan fingerprint density at radius 3 is 2.48 bits per heavy atom. The van der Waals surface area contributed by atoms with E-state index < -0.39 is 16.1 Å². The van der Waals surface area contributed by atoms with Crippen LogP contribution < -0.4 is 24.7 Å². The van der Waals surface area contributed by atoms with Gasteiger partial charge in [-0.25, -0.2) is 5.43 Å². The maximum Gasteiger partial charge on any atom is 0.342 e. The van der Waals surface area contributed by atoms with Crippen LogP contribution in [0.2, 0.25) is 5.02 Å². The number of aliphatic carboxylic acids is 1. The van der Waals surface area contributed by atoms with E-state index in [-0.39, 0.29) is 33.1 Å². The molecule has 0 amide bonds. The monoisotopic (exact) mass is 500 g/mol. The standard InChI is InChI=1S/C18H21ClN4O5S.C2H4O2/c1-4-7-21-22-18(20)23-27-14-8-12(2)9-15(11-14)28-29(24,25)17-10-13(19)5-6-16(17)26-3;1-2(3)4/h5-11H,4H2,1-3H3,(H3,20,22,23);1H3,(H,3,4). The van der Waals surface area contributed by atoms with Crippen molar-refractivity contribution in [2.45, 2.75) is 32.1 Å². The molecule has 180 valence electrons. The van der Waals surface area contributed by atoms with Gasteiger partial charge >= 0.3 is 10.1 Å². The minimum Gasteiger partial charge on any atom is -0.495 e. The Morgan fingerprint density at radius 2 is 1.88 bits per heavy atom. The number of ether oxygens (including phenoxy) is 1. The number of halogens is 1. The molecular weight excluding hydrogens is 476 g/mol. The summed E-state index contributed by atoms with van der Waals surface area (Å²) in [4.78, 5) is 14.1. The van der Waals surface area contributed by atoms with E-state index in [2.05, 4.69) is 16.0 Å². The first-order chi connectivity index (χ1) is 15.5. The summed E-state index contributed by atoms with van der Waals surface area (Å²) in [6.07, 6.45) is 2.30. The maximum atomic E-state index is 12.7. The number of methoxy groups -OCH3 is 1. The zero-order chi connectivity index (χ0) is 25.0. The predicted octanol–water partition coefficient (Wildman–Crippen LogP) is 3.32. The van der Waals surface area contributed by atoms with Crippen LogP contribution in [0.1, 0.15) is 25.8 Å². The number of nitrogens with one attached hydrogen (secondary N) is 3. The number of hydrazone groups is 1. The van der Waals surface area contributed by atoms with Crippen molar-refractivity contribution in [2.24, 2.45) is 5.10 Å². The van der Waals surface area contributed by atoms with Gasteiger partial charge in [0.25, 0.3) is 5.97 Å². The van der Waals surface area contributed by atoms with Crippen molar-refractivity contribution in [1.29, 1.82) is 5.41 Å². The van der Waals surface area contributed by atoms with Gasteiger partial charge in [-0.1, -0.05) is 18.5 Å². The smallest absolute Gasteiger partial charge is 0.342 e. The number of hydrogen-bond acceptors (Lipinski definition) is 8. The van der Waals surface area contributed by atoms with E-state index in [0.29, 0.717) is 12.0 Å². The Labute approximate surface area is 196 Å². The molecule has 11 nitrogen and oxygen atoms in total. The van der Waals surface area contributed by atoms with E-state index in [1.165, 1.54) is 37.4 Å². The second-order valence-electron chi connectivity index (χ2n) is 6.24. The summed E-state index contributed by atoms with van der Waals surface area (Å²) in [5.41, 5.74) is 5.45. The molecule has 13 heteroatoms. The fourth-order valence-corrected chi connectivity index (χ4v) is 3.52. The molecule has 0 bridgehead atoms. The van der Waals surface area contributed by atoms with Gasteiger partial charge in [0.05, 0.1) is 7.11 Å². The number of hydroxylamine groups is 1. The molecule has 0 radical (unpaired) electrons. The zero-order valence-electron chi connectivity index (χ0n) is 18.4. The van der Waals surface area contributed by atoms with Gasteiger partial charge in [0, 0.05) is 24.2 Å². The number of carboxylic acid groups (broad SMARTS) is 1. The van der Waals surface area contributed by atoms with Crippen LogP contribution in [0.25, 0.3) is 0 Å². The van der Waals surface area contributed by atoms with Crippen molar-refractivity contribution in [1.82, 2.24) is 10.9 Å². The van der Waals surface area contributed by atoms with Crippen LogP contribution >= 0.6 is 11.6 Å². The number of aryl methyl sites for hydroxylation is 1. The lowest BCUT2D eigenvalue weighted by atomic mass is 10.2. The van der Waals surface area contributed by atoms with Gasteiger partial charge in [-0.15, -0.1) is 0 Å². The summed E-state index contributed by atoms with van der Waals surface area (Å²) >= 11 is 5.91. The Balaban J connectivity index is 0.00000125. The molecule has 0 heterocycles. The summed E-state index contributed by atoms with van der Waals surface area (Å²) < 4.78 is 35.7. The maximum absolute atomic E-state index is 12.7. The number of hydrogen-bond donors (Lipinski definition) is 4. The van der Waals surface area contributed by atoms with Crippen LogP contribution in [0, 0.1) is 12.3 Å². The molecule has 0 atom stereocenters. The van der Waals surface area contributed by atoms with Gasteiger partial charge in [-0.3, -0.25) is 10.2 Å². The molecule has 4 N–H and O–H groups in total. The van der Waals surface area contributed by atoms with Gasteiger partial charge in [-0.2, -0.15) is 19.0 Å². The molecule has 0 saturated carbocycles. The third-order valence-electron chi connectivity index (χ3n) is 3.35. The average molecular weight is 501 g/mol. The van der Waals surface area contributed by atoms with Gasteiger partial charge in [-0.05, 0) is 49.2 Å². The number of nitrogens with zero attached hydrogens (tertiary/aromatic N) is 1. The molecule has 2 aromatic carbocycles. The van der Waals surface area contributed by atoms with E-state index in [1.54, 1.807) is 19.2 Å². The molecule has 33 heavy (non-hydrogen) atoms. The zero-order valence-corrected chi connectivity index (χ0v) is 20.0. The Bertz CT molecular complexity index is 1100. The van der Waals surface area contributed by atoms with E-state index >= 15 is 0 Å². The van der Waals surface area contributed by atoms with Gasteiger partial charge in [0.15, 0.2) is 5.75 Å². The minimum atomic E-state index is -4.22. The summed E-state index contributed by atoms with van der Waals surface area (Å²) in [7, 11) is -2.87. The first kappa shape index (κ1) is 27.5. The van der Waals surface area contributed by atoms with Crippen molar-refractivity contribution in [3.05, 3.63) is 47.0 Å². The average Bonchev–Trinajstić information content (AvgIpc) is 2.71. The fraction of sp³-hybridized carbons (Fsp3) is 0.250. The molecule has 2 rings (SSSR count). The Hall–Kier alpha value is -3.51. The van der Waals surface area contributed by atoms with Gasteiger partial charge in [0.2, 0.25) is 5.96 Å². The van der Waals surface area contributed by atoms with Gasteiger partial charge < -0.3 is 18.9 Å². The fourth-order valence-electron chi connectivity index (χ4n) is 2.17. The predicted molar refractivity (Wildman–Crippen MR) is 124 cm³/mol. The number of carboxylic acids is 1. The number of rotatable bonds is 8. The molecule has 0 fully saturated rings. The summed E-state index contributed by atoms with van der Waals surface area (Å²) in [6.45, 7) is 4.72. The highest BCUT2D eigenvalue weighted by molar-refractivity contribution is 7.87. The molecule has 2 aromatic rings. The molecule has 0 aliphatic heterocycles. The molecule has 0 unspecified atom stereocenters. The van der Waals surface area contributed by atoms with Gasteiger partial charge in [0.1, 0.15) is 16.4 Å². The molecule has 0 aromatic heterocycles. The number of carbonyl (C=O) groups is 1. The largest absolute Gasteiger partial charge is 0.495 e. The number of benzene rings is 2. The second-order valence-corrected chi connectivity index (χ2v) is 8.20. The van der Waals surface area contributed by atoms with E-state index in [9.17, 15) is 8.42 Å². The lowest BCUT2D eigenvalue weighted by Gasteiger charge is -2.13. The normalized spacial score (nSPS) is 10.6. The van der Waals surface area contributed by atoms with E-state index in [4.69, 9.17) is 40.7 Å². The molecular formula is C20H25ClN4O7S. The van der Waals surface area contributed by atoms with Crippen molar-refractivity contribution in [3.8, 4) is 17.2 Å². The Morgan fingerprint density at radius 1 is 1.24 bits per heavy atom. The third kappa shape index (κ3) is 10.1. The molecule has 0 aliphatic rings. The van der Waals surface area contributed by atoms with Crippen LogP contribution in [0.3, 0.4) is 0 Å². The molecule has 0 spiro atoms. The lowest BCUT2D eigenvalue weighted by molar-refractivity contribution is -0.134. The summed E-state index contributed by atoms with van der Waals surface area (Å²) in [5.74, 6) is -0.672. The SMILES string of the molecule is CC(=O)O.CCC=NNC(=N)NOc1cc(C)cc(OS(=O)(=O)c2cc(Cl)ccc2OC)c1. The first-order valence-corrected chi connectivity index (χ1v) is 11.1. The number of guanidine groups is 1. The Kier molecular flexibility index (Phi) is 11.0. The van der Waals surface area contributed by atoms with Crippen molar-refractivity contribution < 1.29 is 32.1 Å². The highest BCUT2D eigenvalue weighted by Gasteiger charge is 2.23. The lowest BCUT2D eigenvalue weighted by Crippen LogP contribution is -2.35. The van der Waals surface area contributed by atoms with Crippen molar-refractivity contribution in [2.75, 3.05) is 7.11 Å². The van der Waals surface area contributed by atoms with E-state index in [0.717, 1.165) is 6.92 Å². The second kappa shape index (κ2) is 13.1. The first-order valence-electron chi connectivity index (χ1n) is 9.36. The summed E-state index contributed by atoms with van der Waals surface area (Å²) in [6, 6.07) is 8.71. The van der Waals surface area contributed by atoms with Crippen LogP contribution in [0.5, 0.6) is 17.2 Å². The third-order valence-corrected chi connectivity index (χ3v) is 4.85. The van der Waals surface area contributed by atoms with Crippen LogP contribution in [0.15, 0.2) is 46.4 Å². The molecule has 0 aliphatic carbocycles. The van der Waals surface area contributed by atoms with Crippen molar-refractivity contribution >= 4 is 39.9 Å². The van der Waals surface area contributed by atoms with Crippen LogP contribution in [-0.2, 0) is 14.9 Å².